The number of piperidine rings is 1. The van der Waals surface area contributed by atoms with Gasteiger partial charge < -0.3 is 4.74 Å². The fraction of sp³-hybridized carbons (Fsp3) is 0.750. The average Bonchev–Trinajstić information content (AvgIpc) is 2.10. The van der Waals surface area contributed by atoms with Crippen LogP contribution >= 0.6 is 0 Å². The lowest BCUT2D eigenvalue weighted by Gasteiger charge is -2.30. The van der Waals surface area contributed by atoms with E-state index >= 15 is 0 Å². The van der Waals surface area contributed by atoms with E-state index in [9.17, 15) is 9.59 Å². The summed E-state index contributed by atoms with van der Waals surface area (Å²) in [6.45, 7) is 2.53. The first kappa shape index (κ1) is 10.1. The largest absolute Gasteiger partial charge is 0.468 e. The summed E-state index contributed by atoms with van der Waals surface area (Å²) in [6, 6.07) is 0. The smallest absolute Gasteiger partial charge is 0.317 e. The fourth-order valence-corrected chi connectivity index (χ4v) is 1.52. The average molecular weight is 186 g/mol. The minimum Gasteiger partial charge on any atom is -0.468 e. The molecule has 1 aliphatic rings. The normalized spacial score (nSPS) is 30.2. The van der Waals surface area contributed by atoms with Crippen molar-refractivity contribution >= 4 is 11.8 Å². The van der Waals surface area contributed by atoms with E-state index < -0.39 is 11.9 Å². The lowest BCUT2D eigenvalue weighted by atomic mass is 9.90. The zero-order valence-electron chi connectivity index (χ0n) is 7.82. The Morgan fingerprint density at radius 3 is 2.77 bits per heavy atom. The third-order valence-electron chi connectivity index (χ3n) is 2.24. The van der Waals surface area contributed by atoms with Gasteiger partial charge in [-0.15, -0.1) is 0 Å². The highest BCUT2D eigenvalue weighted by Crippen LogP contribution is 2.16. The van der Waals surface area contributed by atoms with Gasteiger partial charge in [0.15, 0.2) is 5.78 Å². The Morgan fingerprint density at radius 2 is 2.23 bits per heavy atom. The van der Waals surface area contributed by atoms with Crippen LogP contribution in [0.5, 0.6) is 0 Å². The molecule has 0 amide bonds. The molecule has 2 atom stereocenters. The molecule has 5 heteroatoms. The van der Waals surface area contributed by atoms with Crippen LogP contribution in [0, 0.1) is 11.8 Å². The van der Waals surface area contributed by atoms with Crippen molar-refractivity contribution in [1.29, 1.82) is 0 Å². The quantitative estimate of drug-likeness (QED) is 0.329. The predicted molar refractivity (Wildman–Crippen MR) is 45.4 cm³/mol. The fourth-order valence-electron chi connectivity index (χ4n) is 1.52. The minimum atomic E-state index is -0.709. The molecular formula is C8H14N2O3. The molecule has 1 saturated heterocycles. The maximum Gasteiger partial charge on any atom is 0.317 e. The van der Waals surface area contributed by atoms with E-state index in [1.807, 2.05) is 0 Å². The summed E-state index contributed by atoms with van der Waals surface area (Å²) in [4.78, 5) is 22.6. The maximum atomic E-state index is 11.5. The van der Waals surface area contributed by atoms with Crippen molar-refractivity contribution in [3.63, 3.8) is 0 Å². The van der Waals surface area contributed by atoms with Crippen molar-refractivity contribution < 1.29 is 14.3 Å². The molecule has 1 fully saturated rings. The summed E-state index contributed by atoms with van der Waals surface area (Å²) in [6.07, 6.45) is 0. The monoisotopic (exact) mass is 186 g/mol. The van der Waals surface area contributed by atoms with Gasteiger partial charge in [0.2, 0.25) is 0 Å². The molecule has 0 aliphatic carbocycles. The van der Waals surface area contributed by atoms with Gasteiger partial charge in [0.05, 0.1) is 7.11 Å². The number of carbonyl (C=O) groups is 2. The molecule has 0 radical (unpaired) electrons. The molecule has 0 aromatic carbocycles. The molecule has 1 rings (SSSR count). The van der Waals surface area contributed by atoms with Crippen molar-refractivity contribution in [1.82, 2.24) is 5.01 Å². The molecule has 2 unspecified atom stereocenters. The Bertz CT molecular complexity index is 229. The third kappa shape index (κ3) is 2.05. The molecule has 0 aromatic heterocycles. The van der Waals surface area contributed by atoms with Crippen LogP contribution in [0.4, 0.5) is 0 Å². The molecule has 2 N–H and O–H groups in total. The highest BCUT2D eigenvalue weighted by molar-refractivity contribution is 6.00. The standard InChI is InChI=1S/C8H14N2O3/c1-5-3-10(9)4-6(7(5)11)8(12)13-2/h5-6H,3-4,9H2,1-2H3. The van der Waals surface area contributed by atoms with Crippen molar-refractivity contribution in [3.8, 4) is 0 Å². The second kappa shape index (κ2) is 3.85. The van der Waals surface area contributed by atoms with E-state index in [0.717, 1.165) is 0 Å². The number of ether oxygens (including phenoxy) is 1. The van der Waals surface area contributed by atoms with Gasteiger partial charge in [-0.1, -0.05) is 6.92 Å². The van der Waals surface area contributed by atoms with Crippen molar-refractivity contribution in [2.24, 2.45) is 17.7 Å². The van der Waals surface area contributed by atoms with E-state index in [-0.39, 0.29) is 18.2 Å². The van der Waals surface area contributed by atoms with Gasteiger partial charge in [0.25, 0.3) is 0 Å². The Balaban J connectivity index is 2.72. The molecule has 0 spiro atoms. The molecular weight excluding hydrogens is 172 g/mol. The number of nitrogens with zero attached hydrogens (tertiary/aromatic N) is 1. The number of rotatable bonds is 1. The first-order valence-electron chi connectivity index (χ1n) is 4.17. The van der Waals surface area contributed by atoms with Gasteiger partial charge in [0, 0.05) is 19.0 Å². The summed E-state index contributed by atoms with van der Waals surface area (Å²) in [7, 11) is 1.27. The Hall–Kier alpha value is -0.940. The summed E-state index contributed by atoms with van der Waals surface area (Å²) in [5, 5.41) is 1.48. The molecule has 1 heterocycles. The highest BCUT2D eigenvalue weighted by atomic mass is 16.5. The Kier molecular flexibility index (Phi) is 3.00. The van der Waals surface area contributed by atoms with E-state index in [0.29, 0.717) is 6.54 Å². The minimum absolute atomic E-state index is 0.0754. The van der Waals surface area contributed by atoms with E-state index in [1.54, 1.807) is 6.92 Å². The van der Waals surface area contributed by atoms with Gasteiger partial charge >= 0.3 is 5.97 Å². The van der Waals surface area contributed by atoms with Crippen LogP contribution in [0.15, 0.2) is 0 Å². The number of nitrogens with two attached hydrogens (primary N) is 1. The first-order chi connectivity index (χ1) is 6.06. The van der Waals surface area contributed by atoms with Gasteiger partial charge in [0.1, 0.15) is 5.92 Å². The van der Waals surface area contributed by atoms with Gasteiger partial charge in [-0.05, 0) is 0 Å². The van der Waals surface area contributed by atoms with E-state index in [1.165, 1.54) is 12.1 Å². The molecule has 74 valence electrons. The lowest BCUT2D eigenvalue weighted by molar-refractivity contribution is -0.153. The lowest BCUT2D eigenvalue weighted by Crippen LogP contribution is -2.51. The molecule has 0 bridgehead atoms. The van der Waals surface area contributed by atoms with Crippen molar-refractivity contribution in [2.45, 2.75) is 6.92 Å². The number of Topliss-reactive ketones (excluding diaryl/α,β-unsaturated/α-hetero) is 1. The van der Waals surface area contributed by atoms with Crippen LogP contribution in [-0.4, -0.2) is 37.0 Å². The second-order valence-corrected chi connectivity index (χ2v) is 3.33. The first-order valence-corrected chi connectivity index (χ1v) is 4.17. The summed E-state index contributed by atoms with van der Waals surface area (Å²) >= 11 is 0. The Morgan fingerprint density at radius 1 is 1.62 bits per heavy atom. The SMILES string of the molecule is COC(=O)C1CN(N)CC(C)C1=O. The molecule has 5 nitrogen and oxygen atoms in total. The van der Waals surface area contributed by atoms with Gasteiger partial charge in [-0.3, -0.25) is 15.4 Å². The highest BCUT2D eigenvalue weighted by Gasteiger charge is 2.36. The van der Waals surface area contributed by atoms with Crippen LogP contribution in [0.25, 0.3) is 0 Å². The van der Waals surface area contributed by atoms with Crippen LogP contribution in [0.2, 0.25) is 0 Å². The number of hydrogen-bond donors (Lipinski definition) is 1. The van der Waals surface area contributed by atoms with Crippen LogP contribution < -0.4 is 5.84 Å². The maximum absolute atomic E-state index is 11.5. The number of ketones is 1. The van der Waals surface area contributed by atoms with Gasteiger partial charge in [-0.25, -0.2) is 5.01 Å². The van der Waals surface area contributed by atoms with Crippen molar-refractivity contribution in [2.75, 3.05) is 20.2 Å². The number of carbonyl (C=O) groups excluding carboxylic acids is 2. The summed E-state index contributed by atoms with van der Waals surface area (Å²) in [5.41, 5.74) is 0. The summed E-state index contributed by atoms with van der Waals surface area (Å²) in [5.74, 6) is 4.07. The number of methoxy groups -OCH3 is 1. The van der Waals surface area contributed by atoms with Crippen LogP contribution in [-0.2, 0) is 14.3 Å². The van der Waals surface area contributed by atoms with E-state index in [2.05, 4.69) is 4.74 Å². The van der Waals surface area contributed by atoms with Crippen LogP contribution in [0.3, 0.4) is 0 Å². The summed E-state index contributed by atoms with van der Waals surface area (Å²) < 4.78 is 4.51. The number of esters is 1. The zero-order valence-corrected chi connectivity index (χ0v) is 7.82. The van der Waals surface area contributed by atoms with Crippen LogP contribution in [0.1, 0.15) is 6.92 Å². The third-order valence-corrected chi connectivity index (χ3v) is 2.24. The molecule has 13 heavy (non-hydrogen) atoms. The number of hydrazine groups is 1. The van der Waals surface area contributed by atoms with Crippen molar-refractivity contribution in [3.05, 3.63) is 0 Å². The second-order valence-electron chi connectivity index (χ2n) is 3.33. The van der Waals surface area contributed by atoms with Gasteiger partial charge in [-0.2, -0.15) is 0 Å². The van der Waals surface area contributed by atoms with E-state index in [4.69, 9.17) is 5.84 Å². The molecule has 0 saturated carbocycles. The molecule has 0 aromatic rings. The molecule has 1 aliphatic heterocycles. The zero-order chi connectivity index (χ0) is 10.0. The topological polar surface area (TPSA) is 72.6 Å². The Labute approximate surface area is 76.8 Å². The predicted octanol–water partition coefficient (Wildman–Crippen LogP) is -0.830. The number of hydrogen-bond acceptors (Lipinski definition) is 5.